The zero-order valence-electron chi connectivity index (χ0n) is 5.97. The fourth-order valence-electron chi connectivity index (χ4n) is 0.768. The van der Waals surface area contributed by atoms with Crippen molar-refractivity contribution >= 4 is 29.0 Å². The molecule has 0 unspecified atom stereocenters. The van der Waals surface area contributed by atoms with Crippen LogP contribution in [0.3, 0.4) is 0 Å². The number of halogens is 2. The minimum absolute atomic E-state index is 0.343. The minimum Gasteiger partial charge on any atom is -0.279 e. The molecule has 1 aromatic carbocycles. The van der Waals surface area contributed by atoms with E-state index >= 15 is 0 Å². The van der Waals surface area contributed by atoms with Crippen molar-refractivity contribution < 1.29 is 4.79 Å². The van der Waals surface area contributed by atoms with Crippen molar-refractivity contribution in [3.05, 3.63) is 33.8 Å². The van der Waals surface area contributed by atoms with Crippen molar-refractivity contribution in [1.82, 2.24) is 0 Å². The summed E-state index contributed by atoms with van der Waals surface area (Å²) in [6, 6.07) is 4.50. The van der Waals surface area contributed by atoms with Gasteiger partial charge in [0.05, 0.1) is 0 Å². The predicted octanol–water partition coefficient (Wildman–Crippen LogP) is 2.81. The number of Topliss-reactive ketones (excluding diaryl/α,β-unsaturated/α-hetero) is 1. The van der Waals surface area contributed by atoms with Crippen molar-refractivity contribution in [2.24, 2.45) is 0 Å². The van der Waals surface area contributed by atoms with E-state index < -0.39 is 5.78 Å². The number of carbonyl (C=O) groups is 1. The van der Waals surface area contributed by atoms with Crippen LogP contribution in [-0.4, -0.2) is 5.78 Å². The molecule has 1 aromatic rings. The first kappa shape index (κ1) is 9.12. The van der Waals surface area contributed by atoms with E-state index in [1.165, 1.54) is 18.2 Å². The lowest BCUT2D eigenvalue weighted by atomic mass is 10.1. The molecule has 0 saturated carbocycles. The summed E-state index contributed by atoms with van der Waals surface area (Å²) in [6.07, 6.45) is 4.92. The SMILES string of the molecule is C#CC(=O)c1cc(Cl)cc(Cl)c1. The topological polar surface area (TPSA) is 17.1 Å². The van der Waals surface area contributed by atoms with E-state index in [9.17, 15) is 4.79 Å². The van der Waals surface area contributed by atoms with Gasteiger partial charge in [0, 0.05) is 15.6 Å². The number of terminal acetylenes is 1. The highest BCUT2D eigenvalue weighted by Crippen LogP contribution is 2.18. The van der Waals surface area contributed by atoms with Gasteiger partial charge in [-0.15, -0.1) is 6.42 Å². The van der Waals surface area contributed by atoms with Gasteiger partial charge in [-0.3, -0.25) is 4.79 Å². The Morgan fingerprint density at radius 2 is 1.75 bits per heavy atom. The van der Waals surface area contributed by atoms with Gasteiger partial charge in [0.1, 0.15) is 0 Å². The first-order chi connectivity index (χ1) is 5.63. The van der Waals surface area contributed by atoms with E-state index in [4.69, 9.17) is 29.6 Å². The molecule has 0 heterocycles. The molecule has 0 N–H and O–H groups in total. The molecule has 1 rings (SSSR count). The summed E-state index contributed by atoms with van der Waals surface area (Å²) in [5.41, 5.74) is 0.343. The Hall–Kier alpha value is -0.970. The van der Waals surface area contributed by atoms with Gasteiger partial charge in [-0.2, -0.15) is 0 Å². The quantitative estimate of drug-likeness (QED) is 0.386. The molecule has 12 heavy (non-hydrogen) atoms. The molecule has 3 heteroatoms. The summed E-state index contributed by atoms with van der Waals surface area (Å²) in [4.78, 5) is 11.0. The molecule has 0 bridgehead atoms. The van der Waals surface area contributed by atoms with Crippen LogP contribution < -0.4 is 0 Å². The first-order valence-electron chi connectivity index (χ1n) is 3.10. The standard InChI is InChI=1S/C9H4Cl2O/c1-2-9(12)6-3-7(10)5-8(11)4-6/h1,3-5H. The molecule has 0 atom stereocenters. The molecule has 1 nitrogen and oxygen atoms in total. The van der Waals surface area contributed by atoms with Gasteiger partial charge in [0.15, 0.2) is 0 Å². The Kier molecular flexibility index (Phi) is 2.75. The lowest BCUT2D eigenvalue weighted by Gasteiger charge is -1.96. The highest BCUT2D eigenvalue weighted by atomic mass is 35.5. The van der Waals surface area contributed by atoms with Crippen molar-refractivity contribution in [2.45, 2.75) is 0 Å². The summed E-state index contributed by atoms with van der Waals surface area (Å²) >= 11 is 11.3. The minimum atomic E-state index is -0.417. The lowest BCUT2D eigenvalue weighted by Crippen LogP contribution is -1.93. The predicted molar refractivity (Wildman–Crippen MR) is 49.6 cm³/mol. The number of carbonyl (C=O) groups excluding carboxylic acids is 1. The van der Waals surface area contributed by atoms with Gasteiger partial charge in [0.2, 0.25) is 5.78 Å². The Balaban J connectivity index is 3.19. The number of hydrogen-bond acceptors (Lipinski definition) is 1. The second-order valence-electron chi connectivity index (χ2n) is 2.13. The van der Waals surface area contributed by atoms with Crippen molar-refractivity contribution in [2.75, 3.05) is 0 Å². The summed E-state index contributed by atoms with van der Waals surface area (Å²) < 4.78 is 0. The highest BCUT2D eigenvalue weighted by molar-refractivity contribution is 6.35. The number of ketones is 1. The van der Waals surface area contributed by atoms with Crippen LogP contribution in [0.25, 0.3) is 0 Å². The number of hydrogen-bond donors (Lipinski definition) is 0. The number of rotatable bonds is 1. The summed E-state index contributed by atoms with van der Waals surface area (Å²) in [6.45, 7) is 0. The summed E-state index contributed by atoms with van der Waals surface area (Å²) in [7, 11) is 0. The molecular weight excluding hydrogens is 195 g/mol. The molecule has 0 aliphatic carbocycles. The lowest BCUT2D eigenvalue weighted by molar-refractivity contribution is 0.105. The Bertz CT molecular complexity index is 343. The zero-order chi connectivity index (χ0) is 9.14. The van der Waals surface area contributed by atoms with Crippen LogP contribution in [0.2, 0.25) is 10.0 Å². The van der Waals surface area contributed by atoms with E-state index in [2.05, 4.69) is 0 Å². The maximum absolute atomic E-state index is 11.0. The molecule has 0 aliphatic rings. The normalized spacial score (nSPS) is 9.08. The summed E-state index contributed by atoms with van der Waals surface area (Å²) in [5, 5.41) is 0.808. The Morgan fingerprint density at radius 1 is 1.25 bits per heavy atom. The molecule has 0 aromatic heterocycles. The first-order valence-corrected chi connectivity index (χ1v) is 3.86. The maximum atomic E-state index is 11.0. The van der Waals surface area contributed by atoms with E-state index in [-0.39, 0.29) is 0 Å². The van der Waals surface area contributed by atoms with Crippen LogP contribution in [0.5, 0.6) is 0 Å². The molecular formula is C9H4Cl2O. The molecule has 0 spiro atoms. The van der Waals surface area contributed by atoms with Gasteiger partial charge in [-0.05, 0) is 24.1 Å². The van der Waals surface area contributed by atoms with Crippen LogP contribution in [0, 0.1) is 12.3 Å². The van der Waals surface area contributed by atoms with Crippen LogP contribution in [-0.2, 0) is 0 Å². The van der Waals surface area contributed by atoms with Crippen molar-refractivity contribution in [1.29, 1.82) is 0 Å². The molecule has 60 valence electrons. The van der Waals surface area contributed by atoms with Gasteiger partial charge in [-0.25, -0.2) is 0 Å². The third-order valence-electron chi connectivity index (χ3n) is 1.26. The maximum Gasteiger partial charge on any atom is 0.235 e. The Morgan fingerprint density at radius 3 is 2.17 bits per heavy atom. The van der Waals surface area contributed by atoms with Gasteiger partial charge < -0.3 is 0 Å². The van der Waals surface area contributed by atoms with E-state index in [1.54, 1.807) is 0 Å². The monoisotopic (exact) mass is 198 g/mol. The largest absolute Gasteiger partial charge is 0.279 e. The molecule has 0 amide bonds. The third-order valence-corrected chi connectivity index (χ3v) is 1.69. The van der Waals surface area contributed by atoms with E-state index in [1.807, 2.05) is 5.92 Å². The third kappa shape index (κ3) is 2.01. The van der Waals surface area contributed by atoms with Crippen molar-refractivity contribution in [3.8, 4) is 12.3 Å². The van der Waals surface area contributed by atoms with Gasteiger partial charge in [0.25, 0.3) is 0 Å². The fourth-order valence-corrected chi connectivity index (χ4v) is 1.29. The average molecular weight is 199 g/mol. The smallest absolute Gasteiger partial charge is 0.235 e. The zero-order valence-corrected chi connectivity index (χ0v) is 7.49. The number of benzene rings is 1. The van der Waals surface area contributed by atoms with Crippen LogP contribution in [0.1, 0.15) is 10.4 Å². The fraction of sp³-hybridized carbons (Fsp3) is 0. The average Bonchev–Trinajstić information content (AvgIpc) is 2.01. The van der Waals surface area contributed by atoms with Crippen LogP contribution in [0.4, 0.5) is 0 Å². The van der Waals surface area contributed by atoms with Crippen LogP contribution >= 0.6 is 23.2 Å². The summed E-state index contributed by atoms with van der Waals surface area (Å²) in [5.74, 6) is 1.56. The second kappa shape index (κ2) is 3.62. The Labute approximate surface area is 80.3 Å². The molecule has 0 aliphatic heterocycles. The van der Waals surface area contributed by atoms with Crippen LogP contribution in [0.15, 0.2) is 18.2 Å². The molecule has 0 saturated heterocycles. The highest BCUT2D eigenvalue weighted by Gasteiger charge is 2.03. The second-order valence-corrected chi connectivity index (χ2v) is 3.00. The molecule has 0 fully saturated rings. The van der Waals surface area contributed by atoms with E-state index in [0.29, 0.717) is 15.6 Å². The van der Waals surface area contributed by atoms with Gasteiger partial charge >= 0.3 is 0 Å². The van der Waals surface area contributed by atoms with E-state index in [0.717, 1.165) is 0 Å². The van der Waals surface area contributed by atoms with Gasteiger partial charge in [-0.1, -0.05) is 23.2 Å². The molecule has 0 radical (unpaired) electrons. The van der Waals surface area contributed by atoms with Crippen molar-refractivity contribution in [3.63, 3.8) is 0 Å².